The van der Waals surface area contributed by atoms with Crippen molar-refractivity contribution in [3.63, 3.8) is 0 Å². The lowest BCUT2D eigenvalue weighted by atomic mass is 10.0. The normalized spacial score (nSPS) is 17.7. The van der Waals surface area contributed by atoms with Gasteiger partial charge in [-0.2, -0.15) is 18.3 Å². The number of thioether (sulfide) groups is 1. The van der Waals surface area contributed by atoms with Crippen molar-refractivity contribution in [2.24, 2.45) is 5.92 Å². The van der Waals surface area contributed by atoms with E-state index in [1.165, 1.54) is 48.8 Å². The Morgan fingerprint density at radius 3 is 2.55 bits per heavy atom. The molecule has 5 rings (SSSR count). The van der Waals surface area contributed by atoms with E-state index in [0.29, 0.717) is 29.4 Å². The smallest absolute Gasteiger partial charge is 0.387 e. The largest absolute Gasteiger partial charge is 0.489 e. The van der Waals surface area contributed by atoms with Crippen LogP contribution in [0.1, 0.15) is 35.6 Å². The number of esters is 1. The van der Waals surface area contributed by atoms with E-state index < -0.39 is 34.1 Å². The van der Waals surface area contributed by atoms with Crippen LogP contribution in [0.5, 0.6) is 11.5 Å². The zero-order valence-corrected chi connectivity index (χ0v) is 26.0. The number of sulfonamides is 1. The van der Waals surface area contributed by atoms with Crippen molar-refractivity contribution in [2.75, 3.05) is 18.9 Å². The summed E-state index contributed by atoms with van der Waals surface area (Å²) < 4.78 is 70.9. The van der Waals surface area contributed by atoms with Gasteiger partial charge in [0.05, 0.1) is 22.2 Å². The highest BCUT2D eigenvalue weighted by Crippen LogP contribution is 2.39. The van der Waals surface area contributed by atoms with Crippen LogP contribution in [0.25, 0.3) is 0 Å². The highest BCUT2D eigenvalue weighted by molar-refractivity contribution is 8.02. The van der Waals surface area contributed by atoms with Crippen LogP contribution in [-0.4, -0.2) is 54.6 Å². The molecule has 2 fully saturated rings. The summed E-state index contributed by atoms with van der Waals surface area (Å²) in [5.41, 5.74) is 0.698. The number of alkyl halides is 2. The zero-order valence-electron chi connectivity index (χ0n) is 22.9. The fourth-order valence-electron chi connectivity index (χ4n) is 4.56. The number of nitriles is 1. The molecular formula is C29H25Cl2F2N3O6S2. The third-order valence-electron chi connectivity index (χ3n) is 6.97. The van der Waals surface area contributed by atoms with E-state index in [1.807, 2.05) is 6.07 Å². The van der Waals surface area contributed by atoms with E-state index in [9.17, 15) is 27.3 Å². The molecule has 2 aliphatic rings. The van der Waals surface area contributed by atoms with Crippen LogP contribution in [0.2, 0.25) is 10.0 Å². The molecule has 44 heavy (non-hydrogen) atoms. The third-order valence-corrected chi connectivity index (χ3v) is 10.9. The number of hydrogen-bond acceptors (Lipinski definition) is 9. The number of nitrogens with zero attached hydrogens (tertiary/aromatic N) is 3. The van der Waals surface area contributed by atoms with E-state index in [-0.39, 0.29) is 45.0 Å². The lowest BCUT2D eigenvalue weighted by Crippen LogP contribution is -2.41. The molecule has 15 heteroatoms. The summed E-state index contributed by atoms with van der Waals surface area (Å²) in [6.45, 7) is -2.78. The first kappa shape index (κ1) is 32.2. The van der Waals surface area contributed by atoms with Gasteiger partial charge in [-0.1, -0.05) is 41.4 Å². The minimum Gasteiger partial charge on any atom is -0.489 e. The van der Waals surface area contributed by atoms with Crippen molar-refractivity contribution in [2.45, 2.75) is 42.2 Å². The third kappa shape index (κ3) is 7.38. The molecule has 0 amide bonds. The highest BCUT2D eigenvalue weighted by atomic mass is 35.5. The van der Waals surface area contributed by atoms with E-state index >= 15 is 0 Å². The fraction of sp³-hybridized carbons (Fsp3) is 0.345. The van der Waals surface area contributed by atoms with Crippen molar-refractivity contribution in [3.8, 4) is 17.6 Å². The second kappa shape index (κ2) is 13.9. The molecule has 1 saturated heterocycles. The van der Waals surface area contributed by atoms with Gasteiger partial charge in [-0.05, 0) is 54.2 Å². The minimum atomic E-state index is -4.25. The summed E-state index contributed by atoms with van der Waals surface area (Å²) >= 11 is 13.8. The Kier molecular flexibility index (Phi) is 10.2. The molecule has 1 aliphatic heterocycles. The Hall–Kier alpha value is -3.15. The van der Waals surface area contributed by atoms with Crippen molar-refractivity contribution in [3.05, 3.63) is 81.6 Å². The maximum atomic E-state index is 13.7. The number of rotatable bonds is 12. The van der Waals surface area contributed by atoms with Gasteiger partial charge in [0.2, 0.25) is 10.0 Å². The molecule has 2 atom stereocenters. The number of aromatic nitrogens is 1. The monoisotopic (exact) mass is 683 g/mol. The zero-order chi connectivity index (χ0) is 31.4. The number of carbonyl (C=O) groups is 1. The lowest BCUT2D eigenvalue weighted by Gasteiger charge is -2.26. The first-order valence-electron chi connectivity index (χ1n) is 13.4. The van der Waals surface area contributed by atoms with E-state index in [0.717, 1.165) is 28.9 Å². The van der Waals surface area contributed by atoms with Gasteiger partial charge < -0.3 is 14.2 Å². The molecule has 2 heterocycles. The molecule has 0 spiro atoms. The first-order valence-corrected chi connectivity index (χ1v) is 16.7. The van der Waals surface area contributed by atoms with Gasteiger partial charge >= 0.3 is 12.6 Å². The Morgan fingerprint density at radius 1 is 1.14 bits per heavy atom. The number of ether oxygens (including phenoxy) is 3. The van der Waals surface area contributed by atoms with Gasteiger partial charge in [-0.3, -0.25) is 4.98 Å². The SMILES string of the molecule is N#Cc1ccccc1S(=O)(=O)N1CCS[C@H]1C(=O)O[C@@H](Cc1c(Cl)cncc1Cl)c1ccc(OC(F)F)c(OCC2CC2)c1. The standard InChI is InChI=1S/C29H25Cl2F2N3O6S2/c30-21-14-35-15-22(31)20(21)12-24(18-7-8-23(42-29(32)33)25(11-18)40-16-17-5-6-17)41-28(37)27-36(9-10-43-27)44(38,39)26-4-2-1-3-19(26)13-34/h1-4,7-8,11,14-15,17,24,27,29H,5-6,9-10,12,16H2/t24-,27-/m0/s1. The number of hydrogen-bond donors (Lipinski definition) is 0. The van der Waals surface area contributed by atoms with Crippen LogP contribution in [-0.2, 0) is 26.0 Å². The van der Waals surface area contributed by atoms with Gasteiger partial charge in [0.25, 0.3) is 0 Å². The predicted molar refractivity (Wildman–Crippen MR) is 159 cm³/mol. The number of halogens is 4. The molecular weight excluding hydrogens is 659 g/mol. The average Bonchev–Trinajstić information content (AvgIpc) is 3.69. The molecule has 1 aromatic heterocycles. The van der Waals surface area contributed by atoms with Crippen LogP contribution in [0.15, 0.2) is 59.8 Å². The summed E-state index contributed by atoms with van der Waals surface area (Å²) in [6, 6.07) is 11.8. The van der Waals surface area contributed by atoms with Crippen LogP contribution in [0, 0.1) is 17.2 Å². The van der Waals surface area contributed by atoms with Crippen LogP contribution >= 0.6 is 35.0 Å². The molecule has 1 saturated carbocycles. The number of pyridine rings is 1. The van der Waals surface area contributed by atoms with Gasteiger partial charge in [0, 0.05) is 31.1 Å². The van der Waals surface area contributed by atoms with Gasteiger partial charge in [-0.15, -0.1) is 11.8 Å². The van der Waals surface area contributed by atoms with E-state index in [2.05, 4.69) is 9.72 Å². The molecule has 9 nitrogen and oxygen atoms in total. The molecule has 2 aromatic carbocycles. The molecule has 1 aliphatic carbocycles. The second-order valence-corrected chi connectivity index (χ2v) is 13.9. The van der Waals surface area contributed by atoms with Crippen molar-refractivity contribution in [1.29, 1.82) is 5.26 Å². The summed E-state index contributed by atoms with van der Waals surface area (Å²) in [6.07, 6.45) is 3.52. The minimum absolute atomic E-state index is 0.0119. The number of carbonyl (C=O) groups excluding carboxylic acids is 1. The fourth-order valence-corrected chi connectivity index (χ4v) is 8.27. The Bertz CT molecular complexity index is 1670. The second-order valence-electron chi connectivity index (χ2n) is 10.00. The van der Waals surface area contributed by atoms with E-state index in [1.54, 1.807) is 6.07 Å². The number of benzene rings is 2. The van der Waals surface area contributed by atoms with Gasteiger partial charge in [0.15, 0.2) is 16.9 Å². The van der Waals surface area contributed by atoms with Gasteiger partial charge in [0.1, 0.15) is 17.1 Å². The maximum Gasteiger partial charge on any atom is 0.387 e. The van der Waals surface area contributed by atoms with Gasteiger partial charge in [-0.25, -0.2) is 13.2 Å². The predicted octanol–water partition coefficient (Wildman–Crippen LogP) is 6.24. The van der Waals surface area contributed by atoms with E-state index in [4.69, 9.17) is 32.7 Å². The lowest BCUT2D eigenvalue weighted by molar-refractivity contribution is -0.150. The molecule has 0 radical (unpaired) electrons. The van der Waals surface area contributed by atoms with Crippen LogP contribution < -0.4 is 9.47 Å². The maximum absolute atomic E-state index is 13.7. The summed E-state index contributed by atoms with van der Waals surface area (Å²) in [4.78, 5) is 17.4. The van der Waals surface area contributed by atoms with Crippen LogP contribution in [0.3, 0.4) is 0 Å². The molecule has 0 unspecified atom stereocenters. The van der Waals surface area contributed by atoms with Crippen molar-refractivity contribution in [1.82, 2.24) is 9.29 Å². The average molecular weight is 685 g/mol. The van der Waals surface area contributed by atoms with Crippen LogP contribution in [0.4, 0.5) is 8.78 Å². The first-order chi connectivity index (χ1) is 21.1. The van der Waals surface area contributed by atoms with Crippen molar-refractivity contribution < 1.29 is 36.2 Å². The summed E-state index contributed by atoms with van der Waals surface area (Å²) in [7, 11) is -4.25. The Morgan fingerprint density at radius 2 is 1.86 bits per heavy atom. The summed E-state index contributed by atoms with van der Waals surface area (Å²) in [5, 5.41) is 8.62. The van der Waals surface area contributed by atoms with Crippen molar-refractivity contribution >= 4 is 51.0 Å². The quantitative estimate of drug-likeness (QED) is 0.204. The molecule has 0 bridgehead atoms. The highest BCUT2D eigenvalue weighted by Gasteiger charge is 2.43. The Labute approximate surface area is 267 Å². The molecule has 232 valence electrons. The topological polar surface area (TPSA) is 119 Å². The molecule has 0 N–H and O–H groups in total. The Balaban J connectivity index is 1.47. The summed E-state index contributed by atoms with van der Waals surface area (Å²) in [5.74, 6) is -0.409. The molecule has 3 aromatic rings.